The van der Waals surface area contributed by atoms with E-state index in [9.17, 15) is 20.0 Å². The molecule has 1 aliphatic heterocycles. The third-order valence-corrected chi connectivity index (χ3v) is 5.13. The lowest BCUT2D eigenvalue weighted by molar-refractivity contribution is -0.384. The minimum atomic E-state index is -1.71. The fraction of sp³-hybridized carbons (Fsp3) is 0.0952. The van der Waals surface area contributed by atoms with Crippen molar-refractivity contribution in [1.82, 2.24) is 4.90 Å². The Kier molecular flexibility index (Phi) is 4.37. The number of non-ortho nitro benzene ring substituents is 1. The summed E-state index contributed by atoms with van der Waals surface area (Å²) in [4.78, 5) is 25.0. The van der Waals surface area contributed by atoms with Gasteiger partial charge >= 0.3 is 0 Å². The van der Waals surface area contributed by atoms with Gasteiger partial charge in [0.25, 0.3) is 11.6 Å². The SMILES string of the molecule is O=C1c2ccccc2C(O)(c2ccc(Cl)cc2)N1Cc1cccc([N+](=O)[O-])c1. The van der Waals surface area contributed by atoms with E-state index in [0.717, 1.165) is 0 Å². The molecule has 0 saturated heterocycles. The molecule has 140 valence electrons. The van der Waals surface area contributed by atoms with Gasteiger partial charge in [-0.25, -0.2) is 0 Å². The number of hydrogen-bond acceptors (Lipinski definition) is 4. The van der Waals surface area contributed by atoms with Gasteiger partial charge in [0.2, 0.25) is 0 Å². The molecule has 0 saturated carbocycles. The largest absolute Gasteiger partial charge is 0.363 e. The second-order valence-electron chi connectivity index (χ2n) is 6.54. The third kappa shape index (κ3) is 2.83. The molecule has 1 aliphatic rings. The Bertz CT molecular complexity index is 1080. The van der Waals surface area contributed by atoms with Crippen LogP contribution in [0.25, 0.3) is 0 Å². The number of benzene rings is 3. The monoisotopic (exact) mass is 394 g/mol. The van der Waals surface area contributed by atoms with E-state index >= 15 is 0 Å². The molecule has 28 heavy (non-hydrogen) atoms. The highest BCUT2D eigenvalue weighted by Gasteiger charge is 2.49. The lowest BCUT2D eigenvalue weighted by atomic mass is 9.93. The molecule has 7 heteroatoms. The van der Waals surface area contributed by atoms with Crippen LogP contribution in [-0.4, -0.2) is 20.8 Å². The second-order valence-corrected chi connectivity index (χ2v) is 6.98. The first-order valence-corrected chi connectivity index (χ1v) is 8.92. The highest BCUT2D eigenvalue weighted by atomic mass is 35.5. The van der Waals surface area contributed by atoms with E-state index in [1.54, 1.807) is 60.7 Å². The number of amides is 1. The van der Waals surface area contributed by atoms with Crippen molar-refractivity contribution in [2.24, 2.45) is 0 Å². The Morgan fingerprint density at radius 2 is 1.75 bits per heavy atom. The van der Waals surface area contributed by atoms with Crippen molar-refractivity contribution in [1.29, 1.82) is 0 Å². The highest BCUT2D eigenvalue weighted by Crippen LogP contribution is 2.43. The maximum absolute atomic E-state index is 13.1. The van der Waals surface area contributed by atoms with E-state index in [0.29, 0.717) is 27.3 Å². The lowest BCUT2D eigenvalue weighted by Crippen LogP contribution is -2.44. The topological polar surface area (TPSA) is 83.7 Å². The van der Waals surface area contributed by atoms with E-state index in [1.165, 1.54) is 17.0 Å². The Balaban J connectivity index is 1.83. The molecule has 0 radical (unpaired) electrons. The van der Waals surface area contributed by atoms with Gasteiger partial charge < -0.3 is 5.11 Å². The summed E-state index contributed by atoms with van der Waals surface area (Å²) in [6.45, 7) is 0.00825. The average molecular weight is 395 g/mol. The second kappa shape index (κ2) is 6.74. The maximum atomic E-state index is 13.1. The Morgan fingerprint density at radius 3 is 2.46 bits per heavy atom. The van der Waals surface area contributed by atoms with E-state index < -0.39 is 10.6 Å². The predicted octanol–water partition coefficient (Wildman–Crippen LogP) is 4.10. The quantitative estimate of drug-likeness (QED) is 0.533. The molecule has 0 bridgehead atoms. The van der Waals surface area contributed by atoms with Gasteiger partial charge in [-0.2, -0.15) is 0 Å². The van der Waals surface area contributed by atoms with Gasteiger partial charge in [0.05, 0.1) is 4.92 Å². The first kappa shape index (κ1) is 18.2. The van der Waals surface area contributed by atoms with Crippen molar-refractivity contribution in [2.75, 3.05) is 0 Å². The summed E-state index contributed by atoms with van der Waals surface area (Å²) in [5, 5.41) is 23.3. The molecule has 0 spiro atoms. The van der Waals surface area contributed by atoms with Crippen LogP contribution in [0, 0.1) is 10.1 Å². The summed E-state index contributed by atoms with van der Waals surface area (Å²) in [5.74, 6) is -0.348. The standard InChI is InChI=1S/C21H15ClN2O4/c22-16-10-8-15(9-11-16)21(26)19-7-2-1-6-18(19)20(25)23(21)13-14-4-3-5-17(12-14)24(27)28/h1-12,26H,13H2. The van der Waals surface area contributed by atoms with Crippen LogP contribution < -0.4 is 0 Å². The number of aliphatic hydroxyl groups is 1. The molecule has 3 aromatic carbocycles. The zero-order valence-electron chi connectivity index (χ0n) is 14.6. The van der Waals surface area contributed by atoms with Crippen molar-refractivity contribution in [2.45, 2.75) is 12.3 Å². The number of nitro benzene ring substituents is 1. The van der Waals surface area contributed by atoms with E-state index in [2.05, 4.69) is 0 Å². The van der Waals surface area contributed by atoms with Gasteiger partial charge in [0.1, 0.15) is 0 Å². The normalized spacial score (nSPS) is 18.2. The van der Waals surface area contributed by atoms with Crippen molar-refractivity contribution >= 4 is 23.2 Å². The van der Waals surface area contributed by atoms with Gasteiger partial charge in [0, 0.05) is 40.4 Å². The van der Waals surface area contributed by atoms with Crippen LogP contribution in [0.4, 0.5) is 5.69 Å². The number of carbonyl (C=O) groups excluding carboxylic acids is 1. The van der Waals surface area contributed by atoms with Gasteiger partial charge in [-0.15, -0.1) is 0 Å². The first-order chi connectivity index (χ1) is 13.4. The van der Waals surface area contributed by atoms with E-state index in [1.807, 2.05) is 0 Å². The van der Waals surface area contributed by atoms with Gasteiger partial charge in [0.15, 0.2) is 5.72 Å². The zero-order chi connectivity index (χ0) is 19.9. The highest BCUT2D eigenvalue weighted by molar-refractivity contribution is 6.30. The Morgan fingerprint density at radius 1 is 1.04 bits per heavy atom. The van der Waals surface area contributed by atoms with Gasteiger partial charge in [-0.3, -0.25) is 19.8 Å². The van der Waals surface area contributed by atoms with Crippen molar-refractivity contribution < 1.29 is 14.8 Å². The summed E-state index contributed by atoms with van der Waals surface area (Å²) < 4.78 is 0. The molecule has 1 amide bonds. The lowest BCUT2D eigenvalue weighted by Gasteiger charge is -2.35. The number of fused-ring (bicyclic) bond motifs is 1. The van der Waals surface area contributed by atoms with Crippen LogP contribution in [0.2, 0.25) is 5.02 Å². The van der Waals surface area contributed by atoms with Crippen LogP contribution in [0.15, 0.2) is 72.8 Å². The minimum absolute atomic E-state index is 0.00825. The first-order valence-electron chi connectivity index (χ1n) is 8.54. The summed E-state index contributed by atoms with van der Waals surface area (Å²) in [6, 6.07) is 19.5. The molecule has 4 rings (SSSR count). The molecule has 6 nitrogen and oxygen atoms in total. The van der Waals surface area contributed by atoms with Crippen molar-refractivity contribution in [3.8, 4) is 0 Å². The van der Waals surface area contributed by atoms with Crippen LogP contribution in [0.3, 0.4) is 0 Å². The van der Waals surface area contributed by atoms with Crippen molar-refractivity contribution in [3.63, 3.8) is 0 Å². The number of carbonyl (C=O) groups is 1. The van der Waals surface area contributed by atoms with Crippen LogP contribution in [-0.2, 0) is 12.3 Å². The molecule has 0 aliphatic carbocycles. The Hall–Kier alpha value is -3.22. The summed E-state index contributed by atoms with van der Waals surface area (Å²) >= 11 is 5.98. The fourth-order valence-electron chi connectivity index (χ4n) is 3.54. The molecule has 1 atom stereocenters. The van der Waals surface area contributed by atoms with Gasteiger partial charge in [-0.1, -0.05) is 54.1 Å². The zero-order valence-corrected chi connectivity index (χ0v) is 15.3. The average Bonchev–Trinajstić information content (AvgIpc) is 2.92. The molecular weight excluding hydrogens is 380 g/mol. The molecule has 0 aromatic heterocycles. The number of hydrogen-bond donors (Lipinski definition) is 1. The number of nitrogens with zero attached hydrogens (tertiary/aromatic N) is 2. The number of rotatable bonds is 4. The summed E-state index contributed by atoms with van der Waals surface area (Å²) in [7, 11) is 0. The molecule has 3 aromatic rings. The number of nitro groups is 1. The molecule has 0 fully saturated rings. The number of halogens is 1. The predicted molar refractivity (Wildman–Crippen MR) is 104 cm³/mol. The third-order valence-electron chi connectivity index (χ3n) is 4.88. The molecular formula is C21H15ClN2O4. The van der Waals surface area contributed by atoms with E-state index in [4.69, 9.17) is 11.6 Å². The van der Waals surface area contributed by atoms with Gasteiger partial charge in [-0.05, 0) is 23.8 Å². The summed E-state index contributed by atoms with van der Waals surface area (Å²) in [5.41, 5.74) is 0.112. The summed E-state index contributed by atoms with van der Waals surface area (Å²) in [6.07, 6.45) is 0. The molecule has 1 heterocycles. The van der Waals surface area contributed by atoms with E-state index in [-0.39, 0.29) is 18.1 Å². The Labute approximate surface area is 165 Å². The van der Waals surface area contributed by atoms with Crippen molar-refractivity contribution in [3.05, 3.63) is 110 Å². The molecule has 1 N–H and O–H groups in total. The maximum Gasteiger partial charge on any atom is 0.269 e. The fourth-order valence-corrected chi connectivity index (χ4v) is 3.67. The van der Waals surface area contributed by atoms with Crippen LogP contribution in [0.5, 0.6) is 0 Å². The van der Waals surface area contributed by atoms with Crippen LogP contribution >= 0.6 is 11.6 Å². The van der Waals surface area contributed by atoms with Crippen LogP contribution in [0.1, 0.15) is 27.0 Å². The smallest absolute Gasteiger partial charge is 0.269 e. The molecule has 1 unspecified atom stereocenters. The minimum Gasteiger partial charge on any atom is -0.363 e.